The monoisotopic (exact) mass is 344 g/mol. The van der Waals surface area contributed by atoms with Gasteiger partial charge in [0, 0.05) is 12.6 Å². The molecule has 0 fully saturated rings. The summed E-state index contributed by atoms with van der Waals surface area (Å²) in [6.45, 7) is 0.370. The van der Waals surface area contributed by atoms with Crippen LogP contribution in [-0.4, -0.2) is 43.0 Å². The van der Waals surface area contributed by atoms with E-state index in [1.54, 1.807) is 0 Å². The standard InChI is InChI=1S/C17H16N2O6/c20-14(21)17(15(22)23,16(24)25)9-13-10-18-19(11-13)8-4-7-12-5-2-1-3-6-12/h1-7,10-11H,8-9H2,(H,20,21)(H,22,23)(H,24,25)/b7-4+. The number of carbonyl (C=O) groups is 3. The van der Waals surface area contributed by atoms with Gasteiger partial charge in [0.1, 0.15) is 0 Å². The second-order valence-electron chi connectivity index (χ2n) is 5.38. The van der Waals surface area contributed by atoms with E-state index in [9.17, 15) is 14.4 Å². The number of carboxylic acid groups (broad SMARTS) is 3. The molecule has 0 bridgehead atoms. The summed E-state index contributed by atoms with van der Waals surface area (Å²) in [7, 11) is 0. The average molecular weight is 344 g/mol. The summed E-state index contributed by atoms with van der Waals surface area (Å²) in [5.41, 5.74) is -1.73. The molecule has 0 aliphatic heterocycles. The maximum atomic E-state index is 11.2. The molecule has 8 heteroatoms. The Morgan fingerprint density at radius 1 is 1.04 bits per heavy atom. The van der Waals surface area contributed by atoms with Gasteiger partial charge in [-0.1, -0.05) is 42.5 Å². The molecule has 1 heterocycles. The molecule has 0 aliphatic carbocycles. The van der Waals surface area contributed by atoms with Gasteiger partial charge >= 0.3 is 17.9 Å². The highest BCUT2D eigenvalue weighted by atomic mass is 16.4. The Hall–Kier alpha value is -3.42. The predicted octanol–water partition coefficient (Wildman–Crippen LogP) is 1.38. The van der Waals surface area contributed by atoms with Gasteiger partial charge in [0.05, 0.1) is 12.7 Å². The molecule has 1 aromatic heterocycles. The van der Waals surface area contributed by atoms with Crippen molar-refractivity contribution in [1.29, 1.82) is 0 Å². The van der Waals surface area contributed by atoms with Crippen molar-refractivity contribution in [1.82, 2.24) is 9.78 Å². The van der Waals surface area contributed by atoms with Gasteiger partial charge in [-0.15, -0.1) is 0 Å². The van der Waals surface area contributed by atoms with Crippen molar-refractivity contribution in [2.24, 2.45) is 5.41 Å². The van der Waals surface area contributed by atoms with E-state index in [0.29, 0.717) is 6.54 Å². The zero-order valence-corrected chi connectivity index (χ0v) is 13.1. The molecule has 8 nitrogen and oxygen atoms in total. The van der Waals surface area contributed by atoms with Crippen LogP contribution in [-0.2, 0) is 27.3 Å². The summed E-state index contributed by atoms with van der Waals surface area (Å²) in [5.74, 6) is -5.78. The smallest absolute Gasteiger partial charge is 0.333 e. The first kappa shape index (κ1) is 17.9. The van der Waals surface area contributed by atoms with Crippen molar-refractivity contribution >= 4 is 24.0 Å². The van der Waals surface area contributed by atoms with Crippen molar-refractivity contribution in [3.8, 4) is 0 Å². The summed E-state index contributed by atoms with van der Waals surface area (Å²) in [4.78, 5) is 33.7. The van der Waals surface area contributed by atoms with E-state index < -0.39 is 29.7 Å². The van der Waals surface area contributed by atoms with Gasteiger partial charge in [-0.25, -0.2) is 0 Å². The van der Waals surface area contributed by atoms with Crippen LogP contribution in [0.25, 0.3) is 6.08 Å². The van der Waals surface area contributed by atoms with Crippen LogP contribution in [0.4, 0.5) is 0 Å². The van der Waals surface area contributed by atoms with Crippen molar-refractivity contribution in [2.75, 3.05) is 0 Å². The topological polar surface area (TPSA) is 130 Å². The third kappa shape index (κ3) is 3.92. The molecule has 3 N–H and O–H groups in total. The summed E-state index contributed by atoms with van der Waals surface area (Å²) in [6.07, 6.45) is 5.69. The van der Waals surface area contributed by atoms with Crippen molar-refractivity contribution in [3.63, 3.8) is 0 Å². The average Bonchev–Trinajstić information content (AvgIpc) is 3.00. The number of nitrogens with zero attached hydrogens (tertiary/aromatic N) is 2. The van der Waals surface area contributed by atoms with E-state index >= 15 is 0 Å². The molecule has 0 unspecified atom stereocenters. The molecule has 0 aliphatic rings. The highest BCUT2D eigenvalue weighted by molar-refractivity contribution is 6.16. The van der Waals surface area contributed by atoms with Crippen LogP contribution in [0.15, 0.2) is 48.8 Å². The van der Waals surface area contributed by atoms with Crippen LogP contribution < -0.4 is 0 Å². The van der Waals surface area contributed by atoms with Crippen LogP contribution in [0, 0.1) is 5.41 Å². The molecule has 0 amide bonds. The summed E-state index contributed by atoms with van der Waals surface area (Å²) < 4.78 is 1.46. The highest BCUT2D eigenvalue weighted by Crippen LogP contribution is 2.25. The Balaban J connectivity index is 2.12. The van der Waals surface area contributed by atoms with Crippen LogP contribution in [0.2, 0.25) is 0 Å². The maximum absolute atomic E-state index is 11.2. The fourth-order valence-electron chi connectivity index (χ4n) is 2.27. The van der Waals surface area contributed by atoms with Crippen LogP contribution in [0.1, 0.15) is 11.1 Å². The Kier molecular flexibility index (Phi) is 5.33. The van der Waals surface area contributed by atoms with Gasteiger partial charge in [-0.05, 0) is 11.1 Å². The number of aliphatic carboxylic acids is 3. The van der Waals surface area contributed by atoms with Gasteiger partial charge in [0.2, 0.25) is 0 Å². The summed E-state index contributed by atoms with van der Waals surface area (Å²) in [5, 5.41) is 31.3. The Morgan fingerprint density at radius 3 is 2.20 bits per heavy atom. The molecule has 2 rings (SSSR count). The first-order chi connectivity index (χ1) is 11.9. The van der Waals surface area contributed by atoms with Gasteiger partial charge in [-0.3, -0.25) is 19.1 Å². The number of allylic oxidation sites excluding steroid dienone is 1. The third-order valence-corrected chi connectivity index (χ3v) is 3.65. The molecule has 2 aromatic rings. The van der Waals surface area contributed by atoms with Crippen molar-refractivity contribution < 1.29 is 29.7 Å². The largest absolute Gasteiger partial charge is 0.480 e. The minimum atomic E-state index is -2.94. The fourth-order valence-corrected chi connectivity index (χ4v) is 2.27. The first-order valence-electron chi connectivity index (χ1n) is 7.29. The van der Waals surface area contributed by atoms with Gasteiger partial charge in [-0.2, -0.15) is 5.10 Å². The lowest BCUT2D eigenvalue weighted by atomic mass is 9.82. The van der Waals surface area contributed by atoms with Gasteiger partial charge in [0.15, 0.2) is 0 Å². The third-order valence-electron chi connectivity index (χ3n) is 3.65. The Bertz CT molecular complexity index is 774. The lowest BCUT2D eigenvalue weighted by molar-refractivity contribution is -0.175. The molecule has 0 atom stereocenters. The quantitative estimate of drug-likeness (QED) is 0.617. The lowest BCUT2D eigenvalue weighted by Gasteiger charge is -2.18. The molecule has 130 valence electrons. The maximum Gasteiger partial charge on any atom is 0.333 e. The van der Waals surface area contributed by atoms with Crippen LogP contribution in [0.3, 0.4) is 0 Å². The number of aromatic nitrogens is 2. The normalized spacial score (nSPS) is 11.5. The number of benzene rings is 1. The minimum absolute atomic E-state index is 0.209. The summed E-state index contributed by atoms with van der Waals surface area (Å²) >= 11 is 0. The zero-order chi connectivity index (χ0) is 18.4. The van der Waals surface area contributed by atoms with E-state index in [1.807, 2.05) is 42.5 Å². The summed E-state index contributed by atoms with van der Waals surface area (Å²) in [6, 6.07) is 9.54. The predicted molar refractivity (Wildman–Crippen MR) is 86.7 cm³/mol. The second kappa shape index (κ2) is 7.43. The van der Waals surface area contributed by atoms with E-state index in [1.165, 1.54) is 17.1 Å². The van der Waals surface area contributed by atoms with Crippen molar-refractivity contribution in [3.05, 3.63) is 59.9 Å². The van der Waals surface area contributed by atoms with Gasteiger partial charge in [0.25, 0.3) is 5.41 Å². The molecule has 0 saturated heterocycles. The Morgan fingerprint density at radius 2 is 1.64 bits per heavy atom. The highest BCUT2D eigenvalue weighted by Gasteiger charge is 2.54. The van der Waals surface area contributed by atoms with E-state index in [2.05, 4.69) is 5.10 Å². The number of carboxylic acids is 3. The Labute approximate surface area is 142 Å². The van der Waals surface area contributed by atoms with E-state index in [0.717, 1.165) is 5.56 Å². The zero-order valence-electron chi connectivity index (χ0n) is 13.1. The fraction of sp³-hybridized carbons (Fsp3) is 0.176. The number of hydrogen-bond donors (Lipinski definition) is 3. The lowest BCUT2D eigenvalue weighted by Crippen LogP contribution is -2.48. The van der Waals surface area contributed by atoms with Crippen LogP contribution in [0.5, 0.6) is 0 Å². The molecule has 0 radical (unpaired) electrons. The van der Waals surface area contributed by atoms with Crippen molar-refractivity contribution in [2.45, 2.75) is 13.0 Å². The molecule has 0 spiro atoms. The van der Waals surface area contributed by atoms with Gasteiger partial charge < -0.3 is 15.3 Å². The molecular formula is C17H16N2O6. The molecule has 25 heavy (non-hydrogen) atoms. The van der Waals surface area contributed by atoms with E-state index in [4.69, 9.17) is 15.3 Å². The number of hydrogen-bond acceptors (Lipinski definition) is 4. The SMILES string of the molecule is O=C(O)C(Cc1cnn(C/C=C/c2ccccc2)c1)(C(=O)O)C(=O)O. The number of rotatable bonds is 8. The molecular weight excluding hydrogens is 328 g/mol. The van der Waals surface area contributed by atoms with E-state index in [-0.39, 0.29) is 5.56 Å². The van der Waals surface area contributed by atoms with Crippen LogP contribution >= 0.6 is 0 Å². The second-order valence-corrected chi connectivity index (χ2v) is 5.38. The molecule has 0 saturated carbocycles. The molecule has 1 aromatic carbocycles. The first-order valence-corrected chi connectivity index (χ1v) is 7.29. The minimum Gasteiger partial charge on any atom is -0.480 e.